The first-order valence-electron chi connectivity index (χ1n) is 10.6. The molecule has 0 heterocycles. The molecule has 1 unspecified atom stereocenters. The van der Waals surface area contributed by atoms with Gasteiger partial charge in [-0.25, -0.2) is 9.59 Å². The van der Waals surface area contributed by atoms with E-state index in [4.69, 9.17) is 9.84 Å². The van der Waals surface area contributed by atoms with E-state index in [1.54, 1.807) is 0 Å². The van der Waals surface area contributed by atoms with Gasteiger partial charge in [-0.05, 0) is 36.1 Å². The van der Waals surface area contributed by atoms with Crippen molar-refractivity contribution in [1.29, 1.82) is 0 Å². The molecule has 182 valence electrons. The van der Waals surface area contributed by atoms with Crippen LogP contribution in [0.5, 0.6) is 0 Å². The Morgan fingerprint density at radius 3 is 2.03 bits per heavy atom. The summed E-state index contributed by atoms with van der Waals surface area (Å²) in [6, 6.07) is 13.5. The lowest BCUT2D eigenvalue weighted by atomic mass is 9.98. The normalized spacial score (nSPS) is 14.0. The van der Waals surface area contributed by atoms with Gasteiger partial charge < -0.3 is 20.5 Å². The third kappa shape index (κ3) is 6.27. The smallest absolute Gasteiger partial charge is 0.407 e. The number of benzene rings is 2. The second kappa shape index (κ2) is 9.74. The largest absolute Gasteiger partial charge is 0.480 e. The number of carboxylic acids is 1. The Morgan fingerprint density at radius 1 is 1.00 bits per heavy atom. The van der Waals surface area contributed by atoms with Gasteiger partial charge in [-0.15, -0.1) is 0 Å². The average molecular weight is 478 g/mol. The van der Waals surface area contributed by atoms with Crippen LogP contribution in [0.25, 0.3) is 11.1 Å². The first-order valence-corrected chi connectivity index (χ1v) is 10.6. The fraction of sp³-hybridized carbons (Fsp3) is 0.375. The molecule has 0 radical (unpaired) electrons. The Balaban J connectivity index is 1.57. The zero-order valence-corrected chi connectivity index (χ0v) is 18.6. The van der Waals surface area contributed by atoms with Crippen molar-refractivity contribution in [2.75, 3.05) is 6.61 Å². The summed E-state index contributed by atoms with van der Waals surface area (Å²) in [5, 5.41) is 13.3. The van der Waals surface area contributed by atoms with Crippen molar-refractivity contribution in [2.45, 2.75) is 50.4 Å². The molecular formula is C24H25F3N2O5. The van der Waals surface area contributed by atoms with Crippen LogP contribution in [0.2, 0.25) is 0 Å². The molecule has 3 rings (SSSR count). The van der Waals surface area contributed by atoms with E-state index in [2.05, 4.69) is 5.32 Å². The van der Waals surface area contributed by atoms with Gasteiger partial charge in [-0.2, -0.15) is 13.2 Å². The van der Waals surface area contributed by atoms with Crippen LogP contribution in [0.1, 0.15) is 43.7 Å². The summed E-state index contributed by atoms with van der Waals surface area (Å²) >= 11 is 0. The fourth-order valence-corrected chi connectivity index (χ4v) is 4.03. The zero-order chi connectivity index (χ0) is 25.1. The van der Waals surface area contributed by atoms with E-state index in [1.165, 1.54) is 13.8 Å². The van der Waals surface area contributed by atoms with Crippen LogP contribution in [0, 0.1) is 0 Å². The number of amides is 2. The third-order valence-electron chi connectivity index (χ3n) is 5.46. The predicted octanol–water partition coefficient (Wildman–Crippen LogP) is 4.22. The molecule has 10 heteroatoms. The summed E-state index contributed by atoms with van der Waals surface area (Å²) in [5.41, 5.74) is 2.99. The molecule has 1 aliphatic rings. The topological polar surface area (TPSA) is 105 Å². The molecule has 0 saturated heterocycles. The number of carbonyl (C=O) groups is 3. The number of halogens is 3. The van der Waals surface area contributed by atoms with Crippen LogP contribution < -0.4 is 10.6 Å². The molecule has 2 amide bonds. The molecule has 3 N–H and O–H groups in total. The molecule has 0 saturated carbocycles. The van der Waals surface area contributed by atoms with Gasteiger partial charge in [0, 0.05) is 17.9 Å². The summed E-state index contributed by atoms with van der Waals surface area (Å²) < 4.78 is 43.0. The van der Waals surface area contributed by atoms with Gasteiger partial charge in [0.1, 0.15) is 12.6 Å². The van der Waals surface area contributed by atoms with Gasteiger partial charge in [-0.3, -0.25) is 4.79 Å². The van der Waals surface area contributed by atoms with Gasteiger partial charge in [0.25, 0.3) is 0 Å². The average Bonchev–Trinajstić information content (AvgIpc) is 3.03. The van der Waals surface area contributed by atoms with E-state index in [1.807, 2.05) is 53.8 Å². The van der Waals surface area contributed by atoms with Crippen molar-refractivity contribution in [3.05, 3.63) is 59.7 Å². The Kier molecular flexibility index (Phi) is 7.18. The van der Waals surface area contributed by atoms with Crippen LogP contribution in [-0.4, -0.2) is 47.4 Å². The van der Waals surface area contributed by atoms with Crippen LogP contribution in [0.4, 0.5) is 18.0 Å². The van der Waals surface area contributed by atoms with Crippen molar-refractivity contribution in [3.63, 3.8) is 0 Å². The van der Waals surface area contributed by atoms with E-state index >= 15 is 0 Å². The van der Waals surface area contributed by atoms with Crippen LogP contribution in [-0.2, 0) is 14.3 Å². The zero-order valence-electron chi connectivity index (χ0n) is 18.6. The molecule has 0 aromatic heterocycles. The summed E-state index contributed by atoms with van der Waals surface area (Å²) in [6.45, 7) is 3.01. The van der Waals surface area contributed by atoms with Gasteiger partial charge >= 0.3 is 18.2 Å². The lowest BCUT2D eigenvalue weighted by Gasteiger charge is -2.26. The standard InChI is InChI=1S/C24H25F3N2O5/c1-23(2,12-20(30)28-19(21(31)32)11-24(25,26)27)29-22(33)34-13-18-16-9-5-3-7-14(16)15-8-4-6-10-17(15)18/h3-10,18-19H,11-13H2,1-2H3,(H,28,30)(H,29,33)(H,31,32). The second-order valence-corrected chi connectivity index (χ2v) is 8.79. The lowest BCUT2D eigenvalue weighted by Crippen LogP contribution is -2.50. The Hall–Kier alpha value is -3.56. The Morgan fingerprint density at radius 2 is 1.53 bits per heavy atom. The van der Waals surface area contributed by atoms with Crippen molar-refractivity contribution >= 4 is 18.0 Å². The van der Waals surface area contributed by atoms with Crippen LogP contribution in [0.15, 0.2) is 48.5 Å². The van der Waals surface area contributed by atoms with Crippen molar-refractivity contribution in [3.8, 4) is 11.1 Å². The maximum absolute atomic E-state index is 12.5. The second-order valence-electron chi connectivity index (χ2n) is 8.79. The number of hydrogen-bond acceptors (Lipinski definition) is 4. The number of carboxylic acid groups (broad SMARTS) is 1. The quantitative estimate of drug-likeness (QED) is 0.527. The third-order valence-corrected chi connectivity index (χ3v) is 5.46. The number of rotatable bonds is 8. The highest BCUT2D eigenvalue weighted by Gasteiger charge is 2.37. The minimum absolute atomic E-state index is 0.0504. The van der Waals surface area contributed by atoms with E-state index in [-0.39, 0.29) is 12.5 Å². The number of alkyl halides is 3. The predicted molar refractivity (Wildman–Crippen MR) is 117 cm³/mol. The van der Waals surface area contributed by atoms with Crippen LogP contribution in [0.3, 0.4) is 0 Å². The maximum atomic E-state index is 12.5. The van der Waals surface area contributed by atoms with E-state index in [0.717, 1.165) is 22.3 Å². The summed E-state index contributed by atoms with van der Waals surface area (Å²) in [7, 11) is 0. The molecule has 2 aromatic rings. The van der Waals surface area contributed by atoms with Gasteiger partial charge in [0.2, 0.25) is 5.91 Å². The highest BCUT2D eigenvalue weighted by Crippen LogP contribution is 2.44. The number of ether oxygens (including phenoxy) is 1. The van der Waals surface area contributed by atoms with Gasteiger partial charge in [0.05, 0.1) is 6.42 Å². The highest BCUT2D eigenvalue weighted by atomic mass is 19.4. The minimum atomic E-state index is -4.76. The SMILES string of the molecule is CC(C)(CC(=O)NC(CC(F)(F)F)C(=O)O)NC(=O)OCC1c2ccccc2-c2ccccc21. The molecule has 34 heavy (non-hydrogen) atoms. The van der Waals surface area contributed by atoms with E-state index in [9.17, 15) is 27.6 Å². The summed E-state index contributed by atoms with van der Waals surface area (Å²) in [5.74, 6) is -2.91. The molecule has 2 aromatic carbocycles. The highest BCUT2D eigenvalue weighted by molar-refractivity contribution is 5.84. The summed E-state index contributed by atoms with van der Waals surface area (Å²) in [4.78, 5) is 35.6. The van der Waals surface area contributed by atoms with Crippen molar-refractivity contribution in [2.24, 2.45) is 0 Å². The van der Waals surface area contributed by atoms with E-state index in [0.29, 0.717) is 0 Å². The van der Waals surface area contributed by atoms with Gasteiger partial charge in [0.15, 0.2) is 0 Å². The Labute approximate surface area is 194 Å². The number of fused-ring (bicyclic) bond motifs is 3. The van der Waals surface area contributed by atoms with Crippen molar-refractivity contribution in [1.82, 2.24) is 10.6 Å². The first-order chi connectivity index (χ1) is 15.9. The summed E-state index contributed by atoms with van der Waals surface area (Å²) in [6.07, 6.45) is -7.71. The number of alkyl carbamates (subject to hydrolysis) is 1. The maximum Gasteiger partial charge on any atom is 0.407 e. The molecule has 1 aliphatic carbocycles. The molecule has 0 bridgehead atoms. The Bertz CT molecular complexity index is 1040. The number of hydrogen-bond donors (Lipinski definition) is 3. The molecule has 0 fully saturated rings. The number of nitrogens with one attached hydrogen (secondary N) is 2. The van der Waals surface area contributed by atoms with Gasteiger partial charge in [-0.1, -0.05) is 48.5 Å². The molecule has 1 atom stereocenters. The molecular weight excluding hydrogens is 453 g/mol. The molecule has 0 aliphatic heterocycles. The fourth-order valence-electron chi connectivity index (χ4n) is 4.03. The molecule has 0 spiro atoms. The molecule has 7 nitrogen and oxygen atoms in total. The monoisotopic (exact) mass is 478 g/mol. The van der Waals surface area contributed by atoms with Crippen molar-refractivity contribution < 1.29 is 37.4 Å². The van der Waals surface area contributed by atoms with E-state index < -0.39 is 48.6 Å². The number of carbonyl (C=O) groups excluding carboxylic acids is 2. The first kappa shape index (κ1) is 25.1. The minimum Gasteiger partial charge on any atom is -0.480 e. The van der Waals surface area contributed by atoms with Crippen LogP contribution >= 0.6 is 0 Å². The number of aliphatic carboxylic acids is 1. The lowest BCUT2D eigenvalue weighted by molar-refractivity contribution is -0.160.